The third-order valence-corrected chi connectivity index (χ3v) is 2.60. The highest BCUT2D eigenvalue weighted by molar-refractivity contribution is 5.85. The molecule has 3 aromatic rings. The van der Waals surface area contributed by atoms with Gasteiger partial charge >= 0.3 is 0 Å². The van der Waals surface area contributed by atoms with Crippen molar-refractivity contribution in [1.29, 1.82) is 0 Å². The molecule has 0 saturated carbocycles. The molecular formula is C12H10N4. The molecule has 4 nitrogen and oxygen atoms in total. The van der Waals surface area contributed by atoms with Crippen LogP contribution in [-0.2, 0) is 0 Å². The van der Waals surface area contributed by atoms with Crippen LogP contribution in [0.15, 0.2) is 36.8 Å². The molecule has 0 unspecified atom stereocenters. The number of nitrogens with one attached hydrogen (secondary N) is 1. The molecule has 0 radical (unpaired) electrons. The molecule has 78 valence electrons. The predicted molar refractivity (Wildman–Crippen MR) is 61.9 cm³/mol. The molecule has 0 atom stereocenters. The van der Waals surface area contributed by atoms with Gasteiger partial charge in [0, 0.05) is 29.0 Å². The van der Waals surface area contributed by atoms with Gasteiger partial charge in [0.25, 0.3) is 0 Å². The minimum absolute atomic E-state index is 0.880. The highest BCUT2D eigenvalue weighted by Crippen LogP contribution is 2.22. The highest BCUT2D eigenvalue weighted by atomic mass is 15.1. The average molecular weight is 210 g/mol. The van der Waals surface area contributed by atoms with Crippen molar-refractivity contribution in [3.8, 4) is 11.3 Å². The van der Waals surface area contributed by atoms with Gasteiger partial charge in [-0.3, -0.25) is 15.1 Å². The number of hydrogen-bond acceptors (Lipinski definition) is 3. The number of hydrogen-bond donors (Lipinski definition) is 1. The maximum atomic E-state index is 4.28. The first-order valence-electron chi connectivity index (χ1n) is 5.06. The second-order valence-corrected chi connectivity index (χ2v) is 3.67. The van der Waals surface area contributed by atoms with Gasteiger partial charge in [0.05, 0.1) is 17.4 Å². The van der Waals surface area contributed by atoms with Gasteiger partial charge in [-0.15, -0.1) is 0 Å². The maximum Gasteiger partial charge on any atom is 0.0924 e. The van der Waals surface area contributed by atoms with E-state index in [2.05, 4.69) is 26.2 Å². The third kappa shape index (κ3) is 1.35. The molecule has 0 fully saturated rings. The zero-order valence-electron chi connectivity index (χ0n) is 8.81. The van der Waals surface area contributed by atoms with E-state index in [1.54, 1.807) is 18.6 Å². The molecule has 16 heavy (non-hydrogen) atoms. The highest BCUT2D eigenvalue weighted by Gasteiger charge is 2.04. The number of H-pyrrole nitrogens is 1. The van der Waals surface area contributed by atoms with Gasteiger partial charge in [-0.05, 0) is 19.1 Å². The van der Waals surface area contributed by atoms with Gasteiger partial charge < -0.3 is 0 Å². The second kappa shape index (κ2) is 3.41. The van der Waals surface area contributed by atoms with Crippen molar-refractivity contribution in [2.45, 2.75) is 6.92 Å². The number of aryl methyl sites for hydroxylation is 1. The van der Waals surface area contributed by atoms with Gasteiger partial charge in [-0.1, -0.05) is 6.07 Å². The zero-order valence-corrected chi connectivity index (χ0v) is 8.81. The summed E-state index contributed by atoms with van der Waals surface area (Å²) in [6, 6.07) is 6.08. The Morgan fingerprint density at radius 2 is 2.12 bits per heavy atom. The molecule has 3 rings (SSSR count). The van der Waals surface area contributed by atoms with E-state index in [1.165, 1.54) is 0 Å². The standard InChI is InChI=1S/C12H10N4/c1-8-10-6-9(2-3-11(10)16-15-8)12-7-13-4-5-14-12/h2-7H,1H3,(H,15,16). The Morgan fingerprint density at radius 1 is 1.19 bits per heavy atom. The van der Waals surface area contributed by atoms with Crippen LogP contribution < -0.4 is 0 Å². The Hall–Kier alpha value is -2.23. The van der Waals surface area contributed by atoms with E-state index >= 15 is 0 Å². The van der Waals surface area contributed by atoms with E-state index in [1.807, 2.05) is 19.1 Å². The van der Waals surface area contributed by atoms with E-state index in [9.17, 15) is 0 Å². The fourth-order valence-electron chi connectivity index (χ4n) is 1.75. The number of benzene rings is 1. The van der Waals surface area contributed by atoms with E-state index in [4.69, 9.17) is 0 Å². The summed E-state index contributed by atoms with van der Waals surface area (Å²) in [5.74, 6) is 0. The first kappa shape index (κ1) is 9.03. The average Bonchev–Trinajstić information content (AvgIpc) is 2.72. The van der Waals surface area contributed by atoms with Crippen LogP contribution in [0.3, 0.4) is 0 Å². The van der Waals surface area contributed by atoms with Crippen LogP contribution in [0.5, 0.6) is 0 Å². The molecule has 1 aromatic carbocycles. The van der Waals surface area contributed by atoms with Crippen molar-refractivity contribution >= 4 is 10.9 Å². The lowest BCUT2D eigenvalue weighted by Crippen LogP contribution is -1.84. The van der Waals surface area contributed by atoms with E-state index in [0.29, 0.717) is 0 Å². The van der Waals surface area contributed by atoms with Gasteiger partial charge in [0.15, 0.2) is 0 Å². The predicted octanol–water partition coefficient (Wildman–Crippen LogP) is 2.33. The molecule has 0 aliphatic carbocycles. The Morgan fingerprint density at radius 3 is 2.94 bits per heavy atom. The van der Waals surface area contributed by atoms with Gasteiger partial charge in [0.2, 0.25) is 0 Å². The number of rotatable bonds is 1. The van der Waals surface area contributed by atoms with Crippen LogP contribution >= 0.6 is 0 Å². The molecule has 0 aliphatic rings. The molecular weight excluding hydrogens is 200 g/mol. The minimum atomic E-state index is 0.880. The van der Waals surface area contributed by atoms with E-state index < -0.39 is 0 Å². The summed E-state index contributed by atoms with van der Waals surface area (Å²) in [6.45, 7) is 2.01. The lowest BCUT2D eigenvalue weighted by atomic mass is 10.1. The number of aromatic amines is 1. The molecule has 0 spiro atoms. The van der Waals surface area contributed by atoms with Crippen molar-refractivity contribution in [3.05, 3.63) is 42.5 Å². The second-order valence-electron chi connectivity index (χ2n) is 3.67. The normalized spacial score (nSPS) is 10.8. The fourth-order valence-corrected chi connectivity index (χ4v) is 1.75. The summed E-state index contributed by atoms with van der Waals surface area (Å²) in [6.07, 6.45) is 5.13. The topological polar surface area (TPSA) is 54.5 Å². The Bertz CT molecular complexity index is 628. The first-order valence-corrected chi connectivity index (χ1v) is 5.06. The first-order chi connectivity index (χ1) is 7.84. The Kier molecular flexibility index (Phi) is 1.93. The lowest BCUT2D eigenvalue weighted by Gasteiger charge is -1.99. The molecule has 0 aliphatic heterocycles. The smallest absolute Gasteiger partial charge is 0.0924 e. The molecule has 4 heteroatoms. The molecule has 0 bridgehead atoms. The Labute approximate surface area is 92.4 Å². The van der Waals surface area contributed by atoms with Crippen molar-refractivity contribution in [2.24, 2.45) is 0 Å². The summed E-state index contributed by atoms with van der Waals surface area (Å²) in [7, 11) is 0. The summed E-state index contributed by atoms with van der Waals surface area (Å²) in [5.41, 5.74) is 3.99. The zero-order chi connectivity index (χ0) is 11.0. The molecule has 2 aromatic heterocycles. The molecule has 1 N–H and O–H groups in total. The van der Waals surface area contributed by atoms with Gasteiger partial charge in [-0.2, -0.15) is 5.10 Å². The summed E-state index contributed by atoms with van der Waals surface area (Å²) in [5, 5.41) is 8.29. The number of fused-ring (bicyclic) bond motifs is 1. The van der Waals surface area contributed by atoms with Gasteiger partial charge in [-0.25, -0.2) is 0 Å². The van der Waals surface area contributed by atoms with Crippen LogP contribution in [0.25, 0.3) is 22.2 Å². The Balaban J connectivity index is 2.22. The van der Waals surface area contributed by atoms with Crippen LogP contribution in [-0.4, -0.2) is 20.2 Å². The third-order valence-electron chi connectivity index (χ3n) is 2.60. The van der Waals surface area contributed by atoms with Crippen molar-refractivity contribution in [2.75, 3.05) is 0 Å². The summed E-state index contributed by atoms with van der Waals surface area (Å²) >= 11 is 0. The maximum absolute atomic E-state index is 4.28. The SMILES string of the molecule is Cc1[nH]nc2ccc(-c3cnccn3)cc12. The van der Waals surface area contributed by atoms with Crippen LogP contribution in [0, 0.1) is 6.92 Å². The molecule has 0 saturated heterocycles. The van der Waals surface area contributed by atoms with Crippen LogP contribution in [0.2, 0.25) is 0 Å². The largest absolute Gasteiger partial charge is 0.282 e. The monoisotopic (exact) mass is 210 g/mol. The van der Waals surface area contributed by atoms with Crippen LogP contribution in [0.4, 0.5) is 0 Å². The van der Waals surface area contributed by atoms with Crippen LogP contribution in [0.1, 0.15) is 5.69 Å². The van der Waals surface area contributed by atoms with E-state index in [0.717, 1.165) is 27.9 Å². The quantitative estimate of drug-likeness (QED) is 0.670. The number of aromatic nitrogens is 4. The van der Waals surface area contributed by atoms with E-state index in [-0.39, 0.29) is 0 Å². The fraction of sp³-hybridized carbons (Fsp3) is 0.0833. The van der Waals surface area contributed by atoms with Gasteiger partial charge in [0.1, 0.15) is 0 Å². The molecule has 2 heterocycles. The van der Waals surface area contributed by atoms with Crippen molar-refractivity contribution in [3.63, 3.8) is 0 Å². The lowest BCUT2D eigenvalue weighted by molar-refractivity contribution is 1.07. The van der Waals surface area contributed by atoms with Crippen molar-refractivity contribution < 1.29 is 0 Å². The minimum Gasteiger partial charge on any atom is -0.282 e. The van der Waals surface area contributed by atoms with Crippen molar-refractivity contribution in [1.82, 2.24) is 20.2 Å². The summed E-state index contributed by atoms with van der Waals surface area (Å²) in [4.78, 5) is 8.34. The molecule has 0 amide bonds. The summed E-state index contributed by atoms with van der Waals surface area (Å²) < 4.78 is 0. The number of nitrogens with zero attached hydrogens (tertiary/aromatic N) is 3.